The number of likely N-dealkylation sites (tertiary alicyclic amines) is 1. The van der Waals surface area contributed by atoms with Crippen LogP contribution in [-0.4, -0.2) is 59.9 Å². The van der Waals surface area contributed by atoms with E-state index >= 15 is 0 Å². The fraction of sp³-hybridized carbons (Fsp3) is 0.923. The van der Waals surface area contributed by atoms with Gasteiger partial charge < -0.3 is 20.4 Å². The lowest BCUT2D eigenvalue weighted by Crippen LogP contribution is -2.51. The molecule has 18 heavy (non-hydrogen) atoms. The molecule has 5 heteroatoms. The van der Waals surface area contributed by atoms with Crippen molar-refractivity contribution in [2.24, 2.45) is 11.8 Å². The van der Waals surface area contributed by atoms with E-state index in [-0.39, 0.29) is 18.9 Å². The van der Waals surface area contributed by atoms with E-state index in [2.05, 4.69) is 24.1 Å². The molecule has 0 saturated carbocycles. The summed E-state index contributed by atoms with van der Waals surface area (Å²) in [6.07, 6.45) is 1.13. The molecule has 2 atom stereocenters. The number of nitrogens with zero attached hydrogens (tertiary/aromatic N) is 1. The highest BCUT2D eigenvalue weighted by molar-refractivity contribution is 5.67. The van der Waals surface area contributed by atoms with E-state index in [1.165, 1.54) is 0 Å². The molecule has 0 aliphatic carbocycles. The van der Waals surface area contributed by atoms with Crippen LogP contribution < -0.4 is 5.32 Å². The number of aliphatic hydroxyl groups is 1. The molecule has 1 rings (SSSR count). The van der Waals surface area contributed by atoms with Crippen molar-refractivity contribution in [3.8, 4) is 0 Å². The van der Waals surface area contributed by atoms with E-state index in [1.54, 1.807) is 0 Å². The first-order chi connectivity index (χ1) is 8.51. The largest absolute Gasteiger partial charge is 0.481 e. The fourth-order valence-electron chi connectivity index (χ4n) is 2.78. The van der Waals surface area contributed by atoms with Gasteiger partial charge in [-0.15, -0.1) is 0 Å². The lowest BCUT2D eigenvalue weighted by atomic mass is 9.91. The van der Waals surface area contributed by atoms with Gasteiger partial charge in [0.1, 0.15) is 0 Å². The van der Waals surface area contributed by atoms with Crippen LogP contribution in [0.1, 0.15) is 26.7 Å². The first-order valence-electron chi connectivity index (χ1n) is 6.79. The highest BCUT2D eigenvalue weighted by Gasteiger charge is 2.28. The second-order valence-corrected chi connectivity index (χ2v) is 5.69. The van der Waals surface area contributed by atoms with Gasteiger partial charge in [0.25, 0.3) is 0 Å². The Kier molecular flexibility index (Phi) is 6.60. The number of hydrogen-bond donors (Lipinski definition) is 3. The van der Waals surface area contributed by atoms with E-state index < -0.39 is 5.97 Å². The zero-order chi connectivity index (χ0) is 13.5. The van der Waals surface area contributed by atoms with Crippen molar-refractivity contribution in [3.05, 3.63) is 0 Å². The molecule has 1 saturated heterocycles. The summed E-state index contributed by atoms with van der Waals surface area (Å²) >= 11 is 0. The van der Waals surface area contributed by atoms with Gasteiger partial charge in [-0.1, -0.05) is 13.8 Å². The minimum Gasteiger partial charge on any atom is -0.481 e. The Labute approximate surface area is 109 Å². The van der Waals surface area contributed by atoms with Gasteiger partial charge in [-0.25, -0.2) is 0 Å². The lowest BCUT2D eigenvalue weighted by molar-refractivity contribution is -0.138. The number of piperidine rings is 1. The van der Waals surface area contributed by atoms with Crippen LogP contribution >= 0.6 is 0 Å². The van der Waals surface area contributed by atoms with Gasteiger partial charge in [0.05, 0.1) is 6.61 Å². The van der Waals surface area contributed by atoms with E-state index in [1.807, 2.05) is 0 Å². The highest BCUT2D eigenvalue weighted by atomic mass is 16.4. The summed E-state index contributed by atoms with van der Waals surface area (Å²) in [5.74, 6) is 0.0885. The molecule has 3 N–H and O–H groups in total. The van der Waals surface area contributed by atoms with Gasteiger partial charge in [-0.3, -0.25) is 4.79 Å². The Morgan fingerprint density at radius 1 is 1.44 bits per heavy atom. The standard InChI is InChI=1S/C13H26N2O3/c1-10(2)7-15-8-11(6-13(17)18)5-12(9-15)14-3-4-16/h10-12,14,16H,3-9H2,1-2H3,(H,17,18). The Morgan fingerprint density at radius 2 is 2.17 bits per heavy atom. The third kappa shape index (κ3) is 5.80. The molecule has 0 aromatic rings. The Balaban J connectivity index is 2.51. The quantitative estimate of drug-likeness (QED) is 0.616. The maximum Gasteiger partial charge on any atom is 0.303 e. The zero-order valence-corrected chi connectivity index (χ0v) is 11.4. The predicted molar refractivity (Wildman–Crippen MR) is 70.5 cm³/mol. The number of carbonyl (C=O) groups is 1. The summed E-state index contributed by atoms with van der Waals surface area (Å²) in [5, 5.41) is 21.1. The third-order valence-electron chi connectivity index (χ3n) is 3.24. The van der Waals surface area contributed by atoms with E-state index in [4.69, 9.17) is 10.2 Å². The van der Waals surface area contributed by atoms with E-state index in [0.717, 1.165) is 26.1 Å². The number of nitrogens with one attached hydrogen (secondary N) is 1. The van der Waals surface area contributed by atoms with Crippen LogP contribution in [0.5, 0.6) is 0 Å². The summed E-state index contributed by atoms with van der Waals surface area (Å²) in [5.41, 5.74) is 0. The number of carboxylic acids is 1. The molecule has 0 amide bonds. The van der Waals surface area contributed by atoms with E-state index in [0.29, 0.717) is 18.5 Å². The molecular formula is C13H26N2O3. The fourth-order valence-corrected chi connectivity index (χ4v) is 2.78. The topological polar surface area (TPSA) is 72.8 Å². The smallest absolute Gasteiger partial charge is 0.303 e. The van der Waals surface area contributed by atoms with Crippen molar-refractivity contribution in [3.63, 3.8) is 0 Å². The molecule has 0 spiro atoms. The second-order valence-electron chi connectivity index (χ2n) is 5.69. The van der Waals surface area contributed by atoms with Crippen LogP contribution in [-0.2, 0) is 4.79 Å². The van der Waals surface area contributed by atoms with Crippen molar-refractivity contribution in [1.82, 2.24) is 10.2 Å². The first-order valence-corrected chi connectivity index (χ1v) is 6.79. The maximum atomic E-state index is 10.8. The molecule has 1 aliphatic rings. The molecule has 0 aromatic carbocycles. The average molecular weight is 258 g/mol. The van der Waals surface area contributed by atoms with Crippen LogP contribution in [0.25, 0.3) is 0 Å². The number of carboxylic acid groups (broad SMARTS) is 1. The monoisotopic (exact) mass is 258 g/mol. The molecule has 2 unspecified atom stereocenters. The van der Waals surface area contributed by atoms with E-state index in [9.17, 15) is 4.79 Å². The molecule has 0 bridgehead atoms. The number of hydrogen-bond acceptors (Lipinski definition) is 4. The summed E-state index contributed by atoms with van der Waals surface area (Å²) in [7, 11) is 0. The Morgan fingerprint density at radius 3 is 2.72 bits per heavy atom. The number of rotatable bonds is 7. The molecular weight excluding hydrogens is 232 g/mol. The van der Waals surface area contributed by atoms with Crippen LogP contribution in [0.4, 0.5) is 0 Å². The summed E-state index contributed by atoms with van der Waals surface area (Å²) in [4.78, 5) is 13.2. The summed E-state index contributed by atoms with van der Waals surface area (Å²) in [6.45, 7) is 7.90. The first kappa shape index (κ1) is 15.4. The second kappa shape index (κ2) is 7.71. The molecule has 1 aliphatic heterocycles. The average Bonchev–Trinajstić information content (AvgIpc) is 2.24. The molecule has 0 aromatic heterocycles. The van der Waals surface area contributed by atoms with Gasteiger partial charge in [-0.05, 0) is 18.3 Å². The highest BCUT2D eigenvalue weighted by Crippen LogP contribution is 2.21. The predicted octanol–water partition coefficient (Wildman–Crippen LogP) is 0.390. The van der Waals surface area contributed by atoms with Gasteiger partial charge in [0, 0.05) is 38.6 Å². The van der Waals surface area contributed by atoms with Gasteiger partial charge in [0.15, 0.2) is 0 Å². The maximum absolute atomic E-state index is 10.8. The minimum atomic E-state index is -0.715. The van der Waals surface area contributed by atoms with Crippen molar-refractivity contribution in [2.75, 3.05) is 32.8 Å². The van der Waals surface area contributed by atoms with Crippen molar-refractivity contribution >= 4 is 5.97 Å². The molecule has 1 fully saturated rings. The SMILES string of the molecule is CC(C)CN1CC(CC(=O)O)CC(NCCO)C1. The van der Waals surface area contributed by atoms with Crippen molar-refractivity contribution in [1.29, 1.82) is 0 Å². The minimum absolute atomic E-state index is 0.129. The molecule has 0 radical (unpaired) electrons. The molecule has 106 valence electrons. The Bertz CT molecular complexity index is 259. The van der Waals surface area contributed by atoms with Gasteiger partial charge >= 0.3 is 5.97 Å². The molecule has 1 heterocycles. The van der Waals surface area contributed by atoms with Crippen molar-refractivity contribution < 1.29 is 15.0 Å². The molecule has 5 nitrogen and oxygen atoms in total. The van der Waals surface area contributed by atoms with Crippen LogP contribution in [0.3, 0.4) is 0 Å². The zero-order valence-electron chi connectivity index (χ0n) is 11.4. The number of aliphatic hydroxyl groups excluding tert-OH is 1. The van der Waals surface area contributed by atoms with Crippen LogP contribution in [0.2, 0.25) is 0 Å². The third-order valence-corrected chi connectivity index (χ3v) is 3.24. The summed E-state index contributed by atoms with van der Waals surface area (Å²) in [6, 6.07) is 0.300. The van der Waals surface area contributed by atoms with Crippen molar-refractivity contribution in [2.45, 2.75) is 32.7 Å². The van der Waals surface area contributed by atoms with Crippen LogP contribution in [0, 0.1) is 11.8 Å². The van der Waals surface area contributed by atoms with Gasteiger partial charge in [-0.2, -0.15) is 0 Å². The number of aliphatic carboxylic acids is 1. The lowest BCUT2D eigenvalue weighted by Gasteiger charge is -2.38. The Hall–Kier alpha value is -0.650. The van der Waals surface area contributed by atoms with Gasteiger partial charge in [0.2, 0.25) is 0 Å². The summed E-state index contributed by atoms with van der Waals surface area (Å²) < 4.78 is 0. The normalized spacial score (nSPS) is 25.6. The van der Waals surface area contributed by atoms with Crippen LogP contribution in [0.15, 0.2) is 0 Å².